The van der Waals surface area contributed by atoms with Crippen molar-refractivity contribution in [3.8, 4) is 5.75 Å². The molecule has 0 fully saturated rings. The number of benzene rings is 1. The lowest BCUT2D eigenvalue weighted by Gasteiger charge is -2.35. The molecule has 0 saturated carbocycles. The minimum absolute atomic E-state index is 0.0775. The van der Waals surface area contributed by atoms with Gasteiger partial charge in [0.2, 0.25) is 5.91 Å². The first-order valence-electron chi connectivity index (χ1n) is 9.64. The van der Waals surface area contributed by atoms with Gasteiger partial charge in [0, 0.05) is 43.4 Å². The Balaban J connectivity index is 1.46. The first-order chi connectivity index (χ1) is 13.3. The van der Waals surface area contributed by atoms with Gasteiger partial charge in [0.1, 0.15) is 5.75 Å². The molecular formula is C20H28N4O3. The monoisotopic (exact) mass is 372 g/mol. The largest absolute Gasteiger partial charge is 0.493 e. The third-order valence-corrected chi connectivity index (χ3v) is 4.91. The standard InChI is InChI=1S/C20H28N4O3/c25-19(23-26)10-3-1-2-6-13-24-14-7-12-21-20(24)22-17-11-15-27-18-9-5-4-8-16(17)18/h4-5,7-9,12,14,17,20,22,26H,1-3,6,10-11,13,15H2,(H,23,25)/t17?,20-/m0/s1. The average molecular weight is 372 g/mol. The summed E-state index contributed by atoms with van der Waals surface area (Å²) in [6, 6.07) is 8.40. The SMILES string of the molecule is O=C(CCCCCCN1C=CC=N[C@H]1NC1CCOc2ccccc21)NO. The number of carbonyl (C=O) groups excluding carboxylic acids is 1. The molecule has 0 radical (unpaired) electrons. The number of hydrogen-bond acceptors (Lipinski definition) is 6. The summed E-state index contributed by atoms with van der Waals surface area (Å²) in [5.41, 5.74) is 2.86. The summed E-state index contributed by atoms with van der Waals surface area (Å²) in [7, 11) is 0. The van der Waals surface area contributed by atoms with Gasteiger partial charge in [-0.05, 0) is 25.0 Å². The van der Waals surface area contributed by atoms with Crippen LogP contribution in [0.1, 0.15) is 50.1 Å². The lowest BCUT2D eigenvalue weighted by molar-refractivity contribution is -0.129. The van der Waals surface area contributed by atoms with E-state index in [0.29, 0.717) is 13.0 Å². The fraction of sp³-hybridized carbons (Fsp3) is 0.500. The number of aliphatic imine (C=N–C) groups is 1. The highest BCUT2D eigenvalue weighted by Gasteiger charge is 2.25. The Labute approximate surface area is 160 Å². The molecule has 2 heterocycles. The van der Waals surface area contributed by atoms with Crippen LogP contribution in [0.5, 0.6) is 5.75 Å². The number of nitrogens with one attached hydrogen (secondary N) is 2. The quantitative estimate of drug-likeness (QED) is 0.353. The number of fused-ring (bicyclic) bond motifs is 1. The minimum Gasteiger partial charge on any atom is -0.493 e. The normalized spacial score (nSPS) is 20.9. The molecule has 146 valence electrons. The molecule has 2 aliphatic rings. The van der Waals surface area contributed by atoms with E-state index in [1.165, 1.54) is 5.56 Å². The van der Waals surface area contributed by atoms with Crippen LogP contribution in [-0.4, -0.2) is 41.7 Å². The van der Waals surface area contributed by atoms with Crippen molar-refractivity contribution < 1.29 is 14.7 Å². The zero-order chi connectivity index (χ0) is 18.9. The first kappa shape index (κ1) is 19.4. The number of unbranched alkanes of at least 4 members (excludes halogenated alkanes) is 3. The molecule has 1 aromatic carbocycles. The number of rotatable bonds is 9. The van der Waals surface area contributed by atoms with E-state index in [2.05, 4.69) is 27.5 Å². The van der Waals surface area contributed by atoms with Gasteiger partial charge in [0.15, 0.2) is 6.29 Å². The van der Waals surface area contributed by atoms with Crippen LogP contribution < -0.4 is 15.5 Å². The zero-order valence-electron chi connectivity index (χ0n) is 15.5. The zero-order valence-corrected chi connectivity index (χ0v) is 15.5. The van der Waals surface area contributed by atoms with Crippen molar-refractivity contribution in [1.29, 1.82) is 0 Å². The molecule has 3 N–H and O–H groups in total. The van der Waals surface area contributed by atoms with Crippen molar-refractivity contribution in [3.63, 3.8) is 0 Å². The molecule has 3 rings (SSSR count). The topological polar surface area (TPSA) is 86.2 Å². The number of amides is 1. The van der Waals surface area contributed by atoms with Crippen molar-refractivity contribution in [2.75, 3.05) is 13.2 Å². The van der Waals surface area contributed by atoms with Gasteiger partial charge < -0.3 is 9.64 Å². The Morgan fingerprint density at radius 1 is 1.26 bits per heavy atom. The Bertz CT molecular complexity index is 677. The van der Waals surface area contributed by atoms with Gasteiger partial charge in [0.25, 0.3) is 0 Å². The molecule has 0 saturated heterocycles. The van der Waals surface area contributed by atoms with Crippen LogP contribution >= 0.6 is 0 Å². The van der Waals surface area contributed by atoms with Gasteiger partial charge in [-0.25, -0.2) is 5.48 Å². The van der Waals surface area contributed by atoms with E-state index in [4.69, 9.17) is 9.94 Å². The fourth-order valence-corrected chi connectivity index (χ4v) is 3.47. The Morgan fingerprint density at radius 3 is 3.00 bits per heavy atom. The van der Waals surface area contributed by atoms with Crippen LogP contribution in [0, 0.1) is 0 Å². The van der Waals surface area contributed by atoms with Gasteiger partial charge in [-0.2, -0.15) is 0 Å². The minimum atomic E-state index is -0.315. The second-order valence-corrected chi connectivity index (χ2v) is 6.84. The maximum atomic E-state index is 11.0. The van der Waals surface area contributed by atoms with Crippen molar-refractivity contribution in [2.45, 2.75) is 50.9 Å². The van der Waals surface area contributed by atoms with Crippen molar-refractivity contribution in [2.24, 2.45) is 4.99 Å². The Morgan fingerprint density at radius 2 is 2.11 bits per heavy atom. The highest BCUT2D eigenvalue weighted by molar-refractivity contribution is 5.74. The summed E-state index contributed by atoms with van der Waals surface area (Å²) in [6.45, 7) is 1.62. The molecule has 1 unspecified atom stereocenters. The molecule has 1 aromatic rings. The number of para-hydroxylation sites is 1. The Hall–Kier alpha value is -2.38. The molecule has 27 heavy (non-hydrogen) atoms. The van der Waals surface area contributed by atoms with Crippen LogP contribution in [0.25, 0.3) is 0 Å². The van der Waals surface area contributed by atoms with E-state index >= 15 is 0 Å². The summed E-state index contributed by atoms with van der Waals surface area (Å²) in [6.07, 6.45) is 10.9. The average Bonchev–Trinajstić information content (AvgIpc) is 2.71. The number of hydroxylamine groups is 1. The van der Waals surface area contributed by atoms with E-state index in [0.717, 1.165) is 44.4 Å². The molecule has 2 atom stereocenters. The maximum Gasteiger partial charge on any atom is 0.243 e. The molecule has 0 aliphatic carbocycles. The molecule has 0 aromatic heterocycles. The lowest BCUT2D eigenvalue weighted by atomic mass is 10.0. The van der Waals surface area contributed by atoms with Crippen LogP contribution in [0.15, 0.2) is 41.5 Å². The van der Waals surface area contributed by atoms with Crippen molar-refractivity contribution >= 4 is 12.1 Å². The maximum absolute atomic E-state index is 11.0. The van der Waals surface area contributed by atoms with E-state index in [-0.39, 0.29) is 18.2 Å². The van der Waals surface area contributed by atoms with E-state index in [9.17, 15) is 4.79 Å². The summed E-state index contributed by atoms with van der Waals surface area (Å²) in [5.74, 6) is 0.638. The predicted octanol–water partition coefficient (Wildman–Crippen LogP) is 2.74. The summed E-state index contributed by atoms with van der Waals surface area (Å²) in [4.78, 5) is 17.8. The second-order valence-electron chi connectivity index (χ2n) is 6.84. The Kier molecular flexibility index (Phi) is 7.24. The third kappa shape index (κ3) is 5.55. The third-order valence-electron chi connectivity index (χ3n) is 4.91. The molecule has 1 amide bonds. The number of hydrogen-bond donors (Lipinski definition) is 3. The number of nitrogens with zero attached hydrogens (tertiary/aromatic N) is 2. The molecule has 7 nitrogen and oxygen atoms in total. The predicted molar refractivity (Wildman–Crippen MR) is 104 cm³/mol. The smallest absolute Gasteiger partial charge is 0.243 e. The van der Waals surface area contributed by atoms with E-state index < -0.39 is 0 Å². The summed E-state index contributed by atoms with van der Waals surface area (Å²) < 4.78 is 5.75. The number of carbonyl (C=O) groups is 1. The number of allylic oxidation sites excluding steroid dienone is 1. The molecule has 7 heteroatoms. The van der Waals surface area contributed by atoms with Gasteiger partial charge in [-0.1, -0.05) is 31.0 Å². The van der Waals surface area contributed by atoms with Gasteiger partial charge in [-0.3, -0.25) is 20.3 Å². The van der Waals surface area contributed by atoms with Crippen molar-refractivity contribution in [1.82, 2.24) is 15.7 Å². The van der Waals surface area contributed by atoms with Crippen LogP contribution in [0.4, 0.5) is 0 Å². The van der Waals surface area contributed by atoms with Crippen LogP contribution in [-0.2, 0) is 4.79 Å². The summed E-state index contributed by atoms with van der Waals surface area (Å²) in [5, 5.41) is 12.1. The van der Waals surface area contributed by atoms with Gasteiger partial charge in [0.05, 0.1) is 6.61 Å². The fourth-order valence-electron chi connectivity index (χ4n) is 3.47. The second kappa shape index (κ2) is 10.1. The molecule has 0 bridgehead atoms. The van der Waals surface area contributed by atoms with Crippen LogP contribution in [0.2, 0.25) is 0 Å². The molecule has 0 spiro atoms. The van der Waals surface area contributed by atoms with E-state index in [1.807, 2.05) is 30.5 Å². The van der Waals surface area contributed by atoms with Gasteiger partial charge >= 0.3 is 0 Å². The van der Waals surface area contributed by atoms with Gasteiger partial charge in [-0.15, -0.1) is 0 Å². The van der Waals surface area contributed by atoms with Crippen LogP contribution in [0.3, 0.4) is 0 Å². The lowest BCUT2D eigenvalue weighted by Crippen LogP contribution is -2.45. The molecular weight excluding hydrogens is 344 g/mol. The highest BCUT2D eigenvalue weighted by Crippen LogP contribution is 2.32. The van der Waals surface area contributed by atoms with Crippen molar-refractivity contribution in [3.05, 3.63) is 42.1 Å². The first-order valence-corrected chi connectivity index (χ1v) is 9.64. The number of ether oxygens (including phenoxy) is 1. The molecule has 2 aliphatic heterocycles. The van der Waals surface area contributed by atoms with E-state index in [1.54, 1.807) is 5.48 Å². The summed E-state index contributed by atoms with van der Waals surface area (Å²) >= 11 is 0. The highest BCUT2D eigenvalue weighted by atomic mass is 16.5.